The lowest BCUT2D eigenvalue weighted by molar-refractivity contribution is -0.152. The maximum Gasteiger partial charge on any atom is 0.449 e. The molecule has 0 radical (unpaired) electrons. The molecule has 4 N–H and O–H groups in total. The van der Waals surface area contributed by atoms with Gasteiger partial charge in [-0.05, 0) is 84.9 Å². The number of hydrogen-bond donors (Lipinski definition) is 4. The number of halogens is 5. The van der Waals surface area contributed by atoms with E-state index in [0.717, 1.165) is 12.1 Å². The molecule has 0 aliphatic heterocycles. The molecule has 274 valence electrons. The molecule has 19 heteroatoms. The van der Waals surface area contributed by atoms with Crippen molar-refractivity contribution >= 4 is 76.7 Å². The van der Waals surface area contributed by atoms with E-state index < -0.39 is 32.0 Å². The highest BCUT2D eigenvalue weighted by atomic mass is 35.5. The summed E-state index contributed by atoms with van der Waals surface area (Å²) in [4.78, 5) is 14.4. The number of nitrogens with one attached hydrogen (secondary N) is 4. The smallest absolute Gasteiger partial charge is 0.449 e. The van der Waals surface area contributed by atoms with Crippen LogP contribution in [-0.2, 0) is 26.2 Å². The zero-order chi connectivity index (χ0) is 38.0. The molecule has 0 fully saturated rings. The first-order valence-electron chi connectivity index (χ1n) is 15.5. The Hall–Kier alpha value is -5.75. The van der Waals surface area contributed by atoms with Gasteiger partial charge in [0, 0.05) is 5.56 Å². The lowest BCUT2D eigenvalue weighted by Crippen LogP contribution is -2.13. The van der Waals surface area contributed by atoms with Gasteiger partial charge in [-0.15, -0.1) is 0 Å². The van der Waals surface area contributed by atoms with Crippen molar-refractivity contribution in [1.29, 1.82) is 0 Å². The van der Waals surface area contributed by atoms with Crippen LogP contribution in [0.25, 0.3) is 56.6 Å². The summed E-state index contributed by atoms with van der Waals surface area (Å²) in [5, 5.41) is 0.268. The quantitative estimate of drug-likeness (QED) is 0.111. The van der Waals surface area contributed by atoms with Crippen molar-refractivity contribution in [2.24, 2.45) is 0 Å². The van der Waals surface area contributed by atoms with Crippen LogP contribution in [0.2, 0.25) is 10.0 Å². The van der Waals surface area contributed by atoms with E-state index in [4.69, 9.17) is 32.0 Å². The number of sulfonamides is 2. The zero-order valence-corrected chi connectivity index (χ0v) is 30.0. The maximum absolute atomic E-state index is 13.5. The van der Waals surface area contributed by atoms with Gasteiger partial charge >= 0.3 is 6.18 Å². The van der Waals surface area contributed by atoms with Gasteiger partial charge in [0.25, 0.3) is 20.0 Å². The molecule has 0 aliphatic carbocycles. The molecule has 0 saturated heterocycles. The number of para-hydroxylation sites is 1. The van der Waals surface area contributed by atoms with Crippen LogP contribution in [0.4, 0.5) is 24.5 Å². The summed E-state index contributed by atoms with van der Waals surface area (Å²) in [5.41, 5.74) is 2.03. The first kappa shape index (κ1) is 35.3. The Morgan fingerprint density at radius 1 is 0.611 bits per heavy atom. The molecule has 0 spiro atoms. The zero-order valence-electron chi connectivity index (χ0n) is 26.9. The molecule has 0 aliphatic rings. The maximum atomic E-state index is 13.5. The van der Waals surface area contributed by atoms with Crippen LogP contribution in [-0.4, -0.2) is 36.8 Å². The van der Waals surface area contributed by atoms with Crippen molar-refractivity contribution in [1.82, 2.24) is 19.9 Å². The lowest BCUT2D eigenvalue weighted by atomic mass is 10.1. The first-order chi connectivity index (χ1) is 25.6. The van der Waals surface area contributed by atoms with E-state index in [1.807, 2.05) is 0 Å². The van der Waals surface area contributed by atoms with Crippen LogP contribution in [0.3, 0.4) is 0 Å². The number of H-pyrrole nitrogens is 2. The molecule has 0 saturated carbocycles. The van der Waals surface area contributed by atoms with Crippen molar-refractivity contribution < 1.29 is 38.8 Å². The van der Waals surface area contributed by atoms with E-state index in [1.54, 1.807) is 54.6 Å². The average molecular weight is 814 g/mol. The van der Waals surface area contributed by atoms with Crippen molar-refractivity contribution in [3.05, 3.63) is 119 Å². The molecule has 0 bridgehead atoms. The standard InChI is InChI=1S/C35H21Cl2F3N6O6S2/c36-21-5-1-2-6-22(21)45-53(47,48)18-8-10-23-26(16-18)43-33(41-23)29-13-12-28(51-29)20-4-3-7-25(32(20)37)46-54(49,50)19-9-11-24-27(17-19)44-34(42-24)30-14-15-31(52-30)35(38,39)40/h1-17,45-46H,(H,41,43)(H,42,44). The van der Waals surface area contributed by atoms with Crippen LogP contribution in [0.1, 0.15) is 5.76 Å². The highest BCUT2D eigenvalue weighted by Crippen LogP contribution is 2.38. The molecule has 54 heavy (non-hydrogen) atoms. The molecule has 0 unspecified atom stereocenters. The molecule has 8 aromatic rings. The van der Waals surface area contributed by atoms with Crippen LogP contribution in [0, 0.1) is 0 Å². The monoisotopic (exact) mass is 812 g/mol. The second-order valence-corrected chi connectivity index (χ2v) is 15.9. The Balaban J connectivity index is 1.02. The van der Waals surface area contributed by atoms with E-state index in [1.165, 1.54) is 36.4 Å². The Morgan fingerprint density at radius 3 is 1.74 bits per heavy atom. The highest BCUT2D eigenvalue weighted by Gasteiger charge is 2.35. The van der Waals surface area contributed by atoms with Gasteiger partial charge in [0.05, 0.1) is 53.3 Å². The van der Waals surface area contributed by atoms with E-state index in [9.17, 15) is 30.0 Å². The van der Waals surface area contributed by atoms with Gasteiger partial charge in [-0.1, -0.05) is 41.4 Å². The summed E-state index contributed by atoms with van der Waals surface area (Å²) in [7, 11) is -8.22. The number of fused-ring (bicyclic) bond motifs is 2. The largest absolute Gasteiger partial charge is 0.453 e. The van der Waals surface area contributed by atoms with Crippen LogP contribution in [0.5, 0.6) is 0 Å². The number of benzene rings is 4. The average Bonchev–Trinajstić information content (AvgIpc) is 3.94. The Kier molecular flexibility index (Phi) is 8.48. The third kappa shape index (κ3) is 6.66. The van der Waals surface area contributed by atoms with Crippen molar-refractivity contribution in [2.75, 3.05) is 9.44 Å². The topological polar surface area (TPSA) is 176 Å². The summed E-state index contributed by atoms with van der Waals surface area (Å²) in [5.74, 6) is -0.520. The fraction of sp³-hybridized carbons (Fsp3) is 0.0286. The van der Waals surface area contributed by atoms with Gasteiger partial charge in [-0.2, -0.15) is 13.2 Å². The van der Waals surface area contributed by atoms with Gasteiger partial charge < -0.3 is 18.8 Å². The molecule has 8 rings (SSSR count). The molecule has 0 amide bonds. The molecule has 4 aromatic carbocycles. The fourth-order valence-corrected chi connectivity index (χ4v) is 8.29. The Labute approximate surface area is 313 Å². The Morgan fingerprint density at radius 2 is 1.15 bits per heavy atom. The van der Waals surface area contributed by atoms with Crippen LogP contribution >= 0.6 is 23.2 Å². The number of imidazole rings is 2. The number of hydrogen-bond acceptors (Lipinski definition) is 8. The van der Waals surface area contributed by atoms with Gasteiger partial charge in [0.2, 0.25) is 5.76 Å². The highest BCUT2D eigenvalue weighted by molar-refractivity contribution is 7.93. The second kappa shape index (κ2) is 13.0. The lowest BCUT2D eigenvalue weighted by Gasteiger charge is -2.12. The summed E-state index contributed by atoms with van der Waals surface area (Å²) in [6.07, 6.45) is -4.68. The third-order valence-corrected chi connectivity index (χ3v) is 11.6. The summed E-state index contributed by atoms with van der Waals surface area (Å²) < 4.78 is 108. The summed E-state index contributed by atoms with van der Waals surface area (Å²) in [6.45, 7) is 0. The van der Waals surface area contributed by atoms with E-state index in [-0.39, 0.29) is 54.1 Å². The molecular formula is C35H21Cl2F3N6O6S2. The van der Waals surface area contributed by atoms with E-state index in [0.29, 0.717) is 33.7 Å². The van der Waals surface area contributed by atoms with E-state index >= 15 is 0 Å². The summed E-state index contributed by atoms with van der Waals surface area (Å²) >= 11 is 12.8. The van der Waals surface area contributed by atoms with Crippen molar-refractivity contribution in [3.8, 4) is 34.5 Å². The first-order valence-corrected chi connectivity index (χ1v) is 19.2. The third-order valence-electron chi connectivity index (χ3n) is 8.11. The number of furan rings is 2. The molecule has 4 aromatic heterocycles. The van der Waals surface area contributed by atoms with Gasteiger partial charge in [-0.25, -0.2) is 26.8 Å². The van der Waals surface area contributed by atoms with Gasteiger partial charge in [-0.3, -0.25) is 9.44 Å². The normalized spacial score (nSPS) is 12.5. The van der Waals surface area contributed by atoms with Gasteiger partial charge in [0.15, 0.2) is 23.2 Å². The molecule has 4 heterocycles. The predicted molar refractivity (Wildman–Crippen MR) is 196 cm³/mol. The van der Waals surface area contributed by atoms with Gasteiger partial charge in [0.1, 0.15) is 5.76 Å². The summed E-state index contributed by atoms with van der Waals surface area (Å²) in [6, 6.07) is 24.6. The number of aromatic nitrogens is 4. The number of anilines is 2. The minimum absolute atomic E-state index is 0.0150. The number of nitrogens with zero attached hydrogens (tertiary/aromatic N) is 2. The predicted octanol–water partition coefficient (Wildman–Crippen LogP) is 9.55. The second-order valence-electron chi connectivity index (χ2n) is 11.7. The van der Waals surface area contributed by atoms with Crippen LogP contribution < -0.4 is 9.44 Å². The van der Waals surface area contributed by atoms with Crippen molar-refractivity contribution in [2.45, 2.75) is 16.0 Å². The molecular weight excluding hydrogens is 792 g/mol. The minimum atomic E-state index is -4.68. The number of aromatic amines is 2. The minimum Gasteiger partial charge on any atom is -0.453 e. The molecule has 0 atom stereocenters. The molecule has 12 nitrogen and oxygen atoms in total. The SMILES string of the molecule is O=S(=O)(Nc1ccccc1Cl)c1ccc2nc(-c3ccc(-c4cccc(NS(=O)(=O)c5ccc6nc(-c7ccc(C(F)(F)F)o7)[nH]c6c5)c4Cl)o3)[nH]c2c1. The number of alkyl halides is 3. The fourth-order valence-electron chi connectivity index (χ4n) is 5.53. The van der Waals surface area contributed by atoms with E-state index in [2.05, 4.69) is 29.4 Å². The van der Waals surface area contributed by atoms with Crippen molar-refractivity contribution in [3.63, 3.8) is 0 Å². The Bertz CT molecular complexity index is 2970. The number of rotatable bonds is 9. The van der Waals surface area contributed by atoms with Crippen LogP contribution in [0.15, 0.2) is 122 Å².